The van der Waals surface area contributed by atoms with Gasteiger partial charge < -0.3 is 11.5 Å². The molecule has 6 aromatic carbocycles. The largest absolute Gasteiger partial charge is 0.322 e. The third-order valence-corrected chi connectivity index (χ3v) is 8.89. The number of Topliss-reactive ketones (excluding diaryl/α,β-unsaturated/α-hetero) is 1. The molecule has 0 fully saturated rings. The topological polar surface area (TPSA) is 112 Å². The first kappa shape index (κ1) is 41.8. The molecular weight excluding hydrogens is 711 g/mol. The lowest BCUT2D eigenvalue weighted by Crippen LogP contribution is -2.26. The number of halogens is 2. The Morgan fingerprint density at radius 3 is 1.51 bits per heavy atom. The summed E-state index contributed by atoms with van der Waals surface area (Å²) in [6, 6.07) is 51.2. The molecule has 0 saturated carbocycles. The van der Waals surface area contributed by atoms with Crippen LogP contribution >= 0.6 is 0 Å². The van der Waals surface area contributed by atoms with Gasteiger partial charge in [0.15, 0.2) is 5.78 Å². The molecule has 1 heterocycles. The van der Waals surface area contributed by atoms with Gasteiger partial charge in [-0.25, -0.2) is 13.8 Å². The van der Waals surface area contributed by atoms with Crippen LogP contribution in [0.15, 0.2) is 176 Å². The van der Waals surface area contributed by atoms with Crippen LogP contribution < -0.4 is 11.5 Å². The fourth-order valence-corrected chi connectivity index (χ4v) is 6.01. The van der Waals surface area contributed by atoms with E-state index in [2.05, 4.69) is 4.98 Å². The summed E-state index contributed by atoms with van der Waals surface area (Å²) >= 11 is 0. The molecule has 4 N–H and O–H groups in total. The van der Waals surface area contributed by atoms with Crippen molar-refractivity contribution in [2.24, 2.45) is 11.5 Å². The van der Waals surface area contributed by atoms with E-state index in [0.29, 0.717) is 11.3 Å². The monoisotopic (exact) mass is 754 g/mol. The number of nitrogens with two attached hydrogens (primary N) is 2. The number of carbonyl (C=O) groups is 1. The van der Waals surface area contributed by atoms with E-state index in [1.54, 1.807) is 12.3 Å². The first-order valence-electron chi connectivity index (χ1n) is 17.1. The van der Waals surface area contributed by atoms with Gasteiger partial charge in [-0.15, -0.1) is 0 Å². The quantitative estimate of drug-likeness (QED) is 0.142. The number of aromatic nitrogens is 2. The van der Waals surface area contributed by atoms with Crippen LogP contribution in [-0.2, 0) is 10.8 Å². The van der Waals surface area contributed by atoms with Gasteiger partial charge in [0.25, 0.3) is 0 Å². The number of hydrogen-bond donors (Lipinski definition) is 2. The Balaban J connectivity index is 0.000000195. The molecule has 0 bridgehead atoms. The number of ketones is 1. The van der Waals surface area contributed by atoms with Gasteiger partial charge in [-0.05, 0) is 35.4 Å². The lowest BCUT2D eigenvalue weighted by atomic mass is 9.95. The van der Waals surface area contributed by atoms with Crippen LogP contribution in [0.5, 0.6) is 0 Å². The van der Waals surface area contributed by atoms with E-state index in [4.69, 9.17) is 16.5 Å². The lowest BCUT2D eigenvalue weighted by molar-refractivity contribution is 0.102. The number of benzene rings is 6. The Kier molecular flexibility index (Phi) is 16.0. The van der Waals surface area contributed by atoms with E-state index in [1.807, 2.05) is 127 Å². The van der Waals surface area contributed by atoms with Crippen LogP contribution in [0.4, 0.5) is 8.78 Å². The second-order valence-corrected chi connectivity index (χ2v) is 13.7. The predicted octanol–water partition coefficient (Wildman–Crippen LogP) is 10.0. The molecule has 0 aliphatic rings. The molecule has 7 rings (SSSR count). The molecular formula is C46H44F2N4O2S. The molecule has 280 valence electrons. The molecule has 1 aromatic heterocycles. The summed E-state index contributed by atoms with van der Waals surface area (Å²) in [6.45, 7) is 0. The summed E-state index contributed by atoms with van der Waals surface area (Å²) in [5.74, 6) is -1.08. The predicted molar refractivity (Wildman–Crippen MR) is 221 cm³/mol. The minimum Gasteiger partial charge on any atom is -0.322 e. The highest BCUT2D eigenvalue weighted by Gasteiger charge is 2.17. The van der Waals surface area contributed by atoms with E-state index in [0.717, 1.165) is 39.7 Å². The Morgan fingerprint density at radius 1 is 0.600 bits per heavy atom. The molecule has 55 heavy (non-hydrogen) atoms. The fraction of sp³-hybridized carbons (Fsp3) is 0.109. The normalized spacial score (nSPS) is 11.9. The van der Waals surface area contributed by atoms with Gasteiger partial charge in [-0.3, -0.25) is 14.0 Å². The number of nitrogens with zero attached hydrogens (tertiary/aromatic N) is 2. The highest BCUT2D eigenvalue weighted by atomic mass is 32.2. The van der Waals surface area contributed by atoms with Crippen LogP contribution in [0.25, 0.3) is 33.8 Å². The molecule has 9 heteroatoms. The van der Waals surface area contributed by atoms with Crippen molar-refractivity contribution in [2.45, 2.75) is 19.5 Å². The summed E-state index contributed by atoms with van der Waals surface area (Å²) < 4.78 is 36.9. The van der Waals surface area contributed by atoms with E-state index >= 15 is 0 Å². The van der Waals surface area contributed by atoms with Crippen molar-refractivity contribution < 1.29 is 17.8 Å². The molecule has 0 saturated heterocycles. The van der Waals surface area contributed by atoms with Crippen LogP contribution in [0.3, 0.4) is 0 Å². The number of carbonyl (C=O) groups excluding carboxylic acids is 1. The zero-order valence-corrected chi connectivity index (χ0v) is 30.5. The molecule has 0 aliphatic heterocycles. The van der Waals surface area contributed by atoms with Gasteiger partial charge >= 0.3 is 0 Å². The minimum atomic E-state index is -1.17. The van der Waals surface area contributed by atoms with Gasteiger partial charge in [0, 0.05) is 51.4 Å². The average Bonchev–Trinajstić information content (AvgIpc) is 3.21. The summed E-state index contributed by atoms with van der Waals surface area (Å²) in [7, 11) is -1.17. The Morgan fingerprint density at radius 2 is 1.04 bits per heavy atom. The summed E-state index contributed by atoms with van der Waals surface area (Å²) in [4.78, 5) is 20.7. The summed E-state index contributed by atoms with van der Waals surface area (Å²) in [6.07, 6.45) is 3.14. The first-order valence-corrected chi connectivity index (χ1v) is 18.9. The van der Waals surface area contributed by atoms with Crippen molar-refractivity contribution >= 4 is 16.6 Å². The van der Waals surface area contributed by atoms with E-state index in [-0.39, 0.29) is 42.4 Å². The number of rotatable bonds is 9. The van der Waals surface area contributed by atoms with Gasteiger partial charge in [-0.2, -0.15) is 0 Å². The van der Waals surface area contributed by atoms with Gasteiger partial charge in [0.2, 0.25) is 0 Å². The molecule has 0 radical (unpaired) electrons. The fourth-order valence-electron chi connectivity index (χ4n) is 5.48. The smallest absolute Gasteiger partial charge is 0.175 e. The van der Waals surface area contributed by atoms with Crippen molar-refractivity contribution in [3.8, 4) is 33.8 Å². The molecule has 3 atom stereocenters. The van der Waals surface area contributed by atoms with Crippen LogP contribution in [0, 0.1) is 11.6 Å². The SMILES string of the molecule is C.CS(=O)CC(=O)c1cccc(F)c1.Fc1cccc(-c2cnc(-c3ccccc3)c(-c3ccccc3)n2)c1.NC(c1ccccc1)C(N)c1ccccc1. The van der Waals surface area contributed by atoms with E-state index in [9.17, 15) is 17.8 Å². The zero-order chi connectivity index (χ0) is 38.3. The maximum Gasteiger partial charge on any atom is 0.175 e. The van der Waals surface area contributed by atoms with Gasteiger partial charge in [0.05, 0.1) is 29.0 Å². The van der Waals surface area contributed by atoms with Crippen molar-refractivity contribution in [2.75, 3.05) is 12.0 Å². The highest BCUT2D eigenvalue weighted by Crippen LogP contribution is 2.31. The van der Waals surface area contributed by atoms with Gasteiger partial charge in [-0.1, -0.05) is 153 Å². The Bertz CT molecular complexity index is 2220. The minimum absolute atomic E-state index is 0. The highest BCUT2D eigenvalue weighted by molar-refractivity contribution is 7.85. The second-order valence-electron chi connectivity index (χ2n) is 12.2. The van der Waals surface area contributed by atoms with Crippen molar-refractivity contribution in [1.82, 2.24) is 9.97 Å². The van der Waals surface area contributed by atoms with Crippen LogP contribution in [0.1, 0.15) is 41.0 Å². The van der Waals surface area contributed by atoms with Crippen LogP contribution in [0.2, 0.25) is 0 Å². The number of hydrogen-bond acceptors (Lipinski definition) is 6. The molecule has 7 aromatic rings. The second kappa shape index (κ2) is 21.0. The summed E-state index contributed by atoms with van der Waals surface area (Å²) in [5.41, 5.74) is 19.6. The first-order chi connectivity index (χ1) is 26.2. The lowest BCUT2D eigenvalue weighted by Gasteiger charge is -2.20. The van der Waals surface area contributed by atoms with Crippen molar-refractivity contribution in [3.05, 3.63) is 204 Å². The Labute approximate surface area is 324 Å². The zero-order valence-electron chi connectivity index (χ0n) is 29.6. The molecule has 0 amide bonds. The van der Waals surface area contributed by atoms with Crippen LogP contribution in [-0.4, -0.2) is 32.0 Å². The maximum absolute atomic E-state index is 13.6. The molecule has 0 aliphatic carbocycles. The maximum atomic E-state index is 13.6. The third kappa shape index (κ3) is 12.3. The third-order valence-electron chi connectivity index (χ3n) is 8.22. The molecule has 3 unspecified atom stereocenters. The van der Waals surface area contributed by atoms with E-state index in [1.165, 1.54) is 36.6 Å². The summed E-state index contributed by atoms with van der Waals surface area (Å²) in [5, 5.41) is 0. The van der Waals surface area contributed by atoms with Crippen molar-refractivity contribution in [3.63, 3.8) is 0 Å². The molecule has 6 nitrogen and oxygen atoms in total. The standard InChI is InChI=1S/C22H15FN2.C14H16N2.C9H9FO2S.CH4/c23-19-13-7-12-18(14-19)20-15-24-21(16-8-3-1-4-9-16)22(25-20)17-10-5-2-6-11-17;15-13(11-7-3-1-4-8-11)14(16)12-9-5-2-6-10-12;1-13(12)6-9(11)7-3-2-4-8(10)5-7;/h1-15H;1-10,13-14H,15-16H2;2-5H,6H2,1H3;1H4. The van der Waals surface area contributed by atoms with E-state index < -0.39 is 16.6 Å². The van der Waals surface area contributed by atoms with Crippen molar-refractivity contribution in [1.29, 1.82) is 0 Å². The Hall–Kier alpha value is -6.00. The van der Waals surface area contributed by atoms with Gasteiger partial charge in [0.1, 0.15) is 11.6 Å². The average molecular weight is 755 g/mol. The molecule has 0 spiro atoms.